The first-order valence-corrected chi connectivity index (χ1v) is 7.66. The second kappa shape index (κ2) is 3.64. The van der Waals surface area contributed by atoms with Crippen LogP contribution in [-0.4, -0.2) is 21.1 Å². The van der Waals surface area contributed by atoms with Gasteiger partial charge in [-0.2, -0.15) is 0 Å². The summed E-state index contributed by atoms with van der Waals surface area (Å²) in [6.45, 7) is 13.3. The average molecular weight is 233 g/mol. The van der Waals surface area contributed by atoms with Crippen LogP contribution in [0, 0.1) is 0 Å². The molecular formula is C8H18Sn. The van der Waals surface area contributed by atoms with E-state index in [1.807, 2.05) is 0 Å². The molecule has 0 amide bonds. The van der Waals surface area contributed by atoms with Crippen LogP contribution in [0.4, 0.5) is 0 Å². The number of rotatable bonds is 2. The van der Waals surface area contributed by atoms with Crippen LogP contribution >= 0.6 is 0 Å². The van der Waals surface area contributed by atoms with Crippen LogP contribution in [0.2, 0.25) is 3.43 Å². The van der Waals surface area contributed by atoms with E-state index in [-0.39, 0.29) is 0 Å². The summed E-state index contributed by atoms with van der Waals surface area (Å²) in [6, 6.07) is 0. The Hall–Kier alpha value is 0.539. The van der Waals surface area contributed by atoms with Gasteiger partial charge in [-0.1, -0.05) is 0 Å². The molecule has 0 nitrogen and oxygen atoms in total. The molecule has 1 heteroatoms. The molecule has 54 valence electrons. The van der Waals surface area contributed by atoms with Gasteiger partial charge in [-0.3, -0.25) is 0 Å². The molecule has 0 aliphatic heterocycles. The molecule has 0 radical (unpaired) electrons. The fourth-order valence-corrected chi connectivity index (χ4v) is 5.87. The van der Waals surface area contributed by atoms with Gasteiger partial charge in [0, 0.05) is 0 Å². The maximum atomic E-state index is 4.05. The first kappa shape index (κ1) is 9.54. The third kappa shape index (κ3) is 6.42. The van der Waals surface area contributed by atoms with Crippen molar-refractivity contribution in [1.82, 2.24) is 0 Å². The molecule has 0 aliphatic rings. The predicted molar refractivity (Wildman–Crippen MR) is 47.7 cm³/mol. The van der Waals surface area contributed by atoms with Gasteiger partial charge in [0.05, 0.1) is 0 Å². The van der Waals surface area contributed by atoms with Gasteiger partial charge >= 0.3 is 68.9 Å². The summed E-state index contributed by atoms with van der Waals surface area (Å²) in [5.74, 6) is 0. The van der Waals surface area contributed by atoms with Gasteiger partial charge in [-0.25, -0.2) is 0 Å². The average Bonchev–Trinajstić information content (AvgIpc) is 1.62. The van der Waals surface area contributed by atoms with Crippen LogP contribution in [0.1, 0.15) is 34.1 Å². The molecule has 0 spiro atoms. The Morgan fingerprint density at radius 3 is 2.00 bits per heavy atom. The zero-order valence-electron chi connectivity index (χ0n) is 7.12. The summed E-state index contributed by atoms with van der Waals surface area (Å²) in [6.07, 6.45) is 1.22. The van der Waals surface area contributed by atoms with E-state index in [0.29, 0.717) is 3.43 Å². The second-order valence-corrected chi connectivity index (χ2v) is 13.8. The molecule has 9 heavy (non-hydrogen) atoms. The van der Waals surface area contributed by atoms with Crippen LogP contribution in [0.5, 0.6) is 0 Å². The molecule has 0 aliphatic carbocycles. The molecule has 0 N–H and O–H groups in total. The van der Waals surface area contributed by atoms with Crippen LogP contribution in [0.3, 0.4) is 0 Å². The molecule has 0 saturated heterocycles. The van der Waals surface area contributed by atoms with E-state index < -0.39 is 21.1 Å². The van der Waals surface area contributed by atoms with Crippen molar-refractivity contribution in [2.75, 3.05) is 0 Å². The van der Waals surface area contributed by atoms with Crippen molar-refractivity contribution < 1.29 is 0 Å². The van der Waals surface area contributed by atoms with Crippen LogP contribution < -0.4 is 0 Å². The standard InChI is InChI=1S/C4H9.C4H7.Sn.2H/c1-4(2)3;1-3-4-2;;;/h1-3H3;1,4H2,2H3;;;. The topological polar surface area (TPSA) is 0 Å². The molecule has 0 bridgehead atoms. The Labute approximate surface area is 68.9 Å². The molecule has 0 aromatic heterocycles. The molecular weight excluding hydrogens is 215 g/mol. The van der Waals surface area contributed by atoms with E-state index >= 15 is 0 Å². The van der Waals surface area contributed by atoms with Crippen LogP contribution in [-0.2, 0) is 0 Å². The fraction of sp³-hybridized carbons (Fsp3) is 0.750. The zero-order chi connectivity index (χ0) is 7.49. The van der Waals surface area contributed by atoms with Gasteiger partial charge in [-0.05, 0) is 0 Å². The normalized spacial score (nSPS) is 12.9. The molecule has 0 aromatic carbocycles. The second-order valence-electron chi connectivity index (χ2n) is 3.84. The van der Waals surface area contributed by atoms with Crippen molar-refractivity contribution in [3.63, 3.8) is 0 Å². The van der Waals surface area contributed by atoms with Gasteiger partial charge in [-0.15, -0.1) is 0 Å². The Morgan fingerprint density at radius 2 is 1.89 bits per heavy atom. The fourth-order valence-electron chi connectivity index (χ4n) is 0.875. The van der Waals surface area contributed by atoms with Gasteiger partial charge in [0.25, 0.3) is 0 Å². The van der Waals surface area contributed by atoms with E-state index in [2.05, 4.69) is 34.3 Å². The minimum absolute atomic E-state index is 0.623. The van der Waals surface area contributed by atoms with Gasteiger partial charge < -0.3 is 0 Å². The van der Waals surface area contributed by atoms with Crippen LogP contribution in [0.25, 0.3) is 0 Å². The minimum atomic E-state index is -0.623. The summed E-state index contributed by atoms with van der Waals surface area (Å²) in [4.78, 5) is 0. The molecule has 0 saturated carbocycles. The van der Waals surface area contributed by atoms with Gasteiger partial charge in [0.1, 0.15) is 0 Å². The Balaban J connectivity index is 3.60. The van der Waals surface area contributed by atoms with Crippen molar-refractivity contribution in [2.45, 2.75) is 37.5 Å². The quantitative estimate of drug-likeness (QED) is 0.642. The number of hydrogen-bond donors (Lipinski definition) is 0. The van der Waals surface area contributed by atoms with Gasteiger partial charge in [0.15, 0.2) is 0 Å². The third-order valence-corrected chi connectivity index (χ3v) is 7.16. The first-order chi connectivity index (χ1) is 3.95. The van der Waals surface area contributed by atoms with E-state index in [9.17, 15) is 0 Å². The van der Waals surface area contributed by atoms with Crippen molar-refractivity contribution in [3.05, 3.63) is 10.2 Å². The van der Waals surface area contributed by atoms with E-state index in [4.69, 9.17) is 0 Å². The summed E-state index contributed by atoms with van der Waals surface area (Å²) in [7, 11) is 0. The molecule has 0 heterocycles. The summed E-state index contributed by atoms with van der Waals surface area (Å²) >= 11 is -0.623. The first-order valence-electron chi connectivity index (χ1n) is 3.62. The number of hydrogen-bond acceptors (Lipinski definition) is 0. The Kier molecular flexibility index (Phi) is 3.86. The van der Waals surface area contributed by atoms with Crippen LogP contribution in [0.15, 0.2) is 10.2 Å². The Morgan fingerprint density at radius 1 is 1.44 bits per heavy atom. The van der Waals surface area contributed by atoms with Crippen molar-refractivity contribution in [3.8, 4) is 0 Å². The Bertz CT molecular complexity index is 97.6. The van der Waals surface area contributed by atoms with Crippen molar-refractivity contribution in [1.29, 1.82) is 0 Å². The van der Waals surface area contributed by atoms with E-state index in [1.165, 1.54) is 6.42 Å². The summed E-state index contributed by atoms with van der Waals surface area (Å²) in [5, 5.41) is 0. The van der Waals surface area contributed by atoms with E-state index in [0.717, 1.165) is 0 Å². The number of allylic oxidation sites excluding steroid dienone is 1. The molecule has 0 atom stereocenters. The monoisotopic (exact) mass is 234 g/mol. The molecule has 0 rings (SSSR count). The third-order valence-electron chi connectivity index (χ3n) is 1.28. The summed E-state index contributed by atoms with van der Waals surface area (Å²) in [5.41, 5.74) is 0. The predicted octanol–water partition coefficient (Wildman–Crippen LogP) is 2.30. The van der Waals surface area contributed by atoms with Gasteiger partial charge in [0.2, 0.25) is 0 Å². The molecule has 0 fully saturated rings. The van der Waals surface area contributed by atoms with Crippen molar-refractivity contribution >= 4 is 21.1 Å². The molecule has 0 aromatic rings. The summed E-state index contributed by atoms with van der Waals surface area (Å²) < 4.78 is 2.21. The zero-order valence-corrected chi connectivity index (χ0v) is 11.2. The molecule has 0 unspecified atom stereocenters. The SMILES string of the molecule is C=[C](CC)[SnH2][C](C)(C)C. The van der Waals surface area contributed by atoms with E-state index in [1.54, 1.807) is 3.59 Å². The van der Waals surface area contributed by atoms with Crippen molar-refractivity contribution in [2.24, 2.45) is 0 Å². The maximum absolute atomic E-state index is 4.05.